The molecule has 128 valence electrons. The van der Waals surface area contributed by atoms with Crippen LogP contribution in [0.4, 0.5) is 5.69 Å². The minimum absolute atomic E-state index is 0.0750. The molecule has 0 aliphatic carbocycles. The molecule has 3 aromatic rings. The predicted octanol–water partition coefficient (Wildman–Crippen LogP) is 3.38. The van der Waals surface area contributed by atoms with E-state index in [4.69, 9.17) is 5.11 Å². The number of fused-ring (bicyclic) bond motifs is 1. The number of carboxylic acids is 1. The Balaban J connectivity index is 1.73. The number of hydrogen-bond donors (Lipinski definition) is 2. The fourth-order valence-electron chi connectivity index (χ4n) is 2.83. The number of aromatic nitrogens is 2. The number of amides is 1. The van der Waals surface area contributed by atoms with E-state index in [1.807, 2.05) is 42.7 Å². The molecule has 0 aliphatic rings. The van der Waals surface area contributed by atoms with Crippen LogP contribution >= 0.6 is 0 Å². The predicted molar refractivity (Wildman–Crippen MR) is 95.9 cm³/mol. The number of aryl methyl sites for hydroxylation is 3. The van der Waals surface area contributed by atoms with Crippen molar-refractivity contribution in [3.05, 3.63) is 59.4 Å². The van der Waals surface area contributed by atoms with Crippen LogP contribution < -0.4 is 5.32 Å². The Morgan fingerprint density at radius 2 is 1.96 bits per heavy atom. The molecule has 1 amide bonds. The average Bonchev–Trinajstić information content (AvgIpc) is 2.87. The number of benzene rings is 2. The summed E-state index contributed by atoms with van der Waals surface area (Å²) in [6.07, 6.45) is 0.306. The first kappa shape index (κ1) is 16.7. The minimum atomic E-state index is -0.980. The largest absolute Gasteiger partial charge is 0.478 e. The zero-order valence-electron chi connectivity index (χ0n) is 14.1. The Morgan fingerprint density at radius 3 is 2.68 bits per heavy atom. The summed E-state index contributed by atoms with van der Waals surface area (Å²) in [6.45, 7) is 4.30. The second-order valence-corrected chi connectivity index (χ2v) is 5.99. The molecule has 0 radical (unpaired) electrons. The Bertz CT molecular complexity index is 960. The van der Waals surface area contributed by atoms with E-state index in [1.165, 1.54) is 0 Å². The quantitative estimate of drug-likeness (QED) is 0.747. The van der Waals surface area contributed by atoms with Crippen molar-refractivity contribution in [2.24, 2.45) is 0 Å². The summed E-state index contributed by atoms with van der Waals surface area (Å²) in [5.41, 5.74) is 3.52. The van der Waals surface area contributed by atoms with Crippen molar-refractivity contribution in [3.63, 3.8) is 0 Å². The summed E-state index contributed by atoms with van der Waals surface area (Å²) in [4.78, 5) is 27.6. The van der Waals surface area contributed by atoms with Gasteiger partial charge in [-0.2, -0.15) is 0 Å². The third kappa shape index (κ3) is 3.68. The van der Waals surface area contributed by atoms with Crippen LogP contribution in [-0.4, -0.2) is 26.5 Å². The van der Waals surface area contributed by atoms with E-state index in [0.717, 1.165) is 22.6 Å². The van der Waals surface area contributed by atoms with E-state index in [-0.39, 0.29) is 11.5 Å². The van der Waals surface area contributed by atoms with Crippen LogP contribution in [-0.2, 0) is 11.3 Å². The number of hydrogen-bond acceptors (Lipinski definition) is 3. The van der Waals surface area contributed by atoms with Gasteiger partial charge in [0.2, 0.25) is 5.91 Å². The van der Waals surface area contributed by atoms with Crippen molar-refractivity contribution < 1.29 is 14.7 Å². The van der Waals surface area contributed by atoms with Crippen LogP contribution in [0.3, 0.4) is 0 Å². The number of aromatic carboxylic acids is 1. The summed E-state index contributed by atoms with van der Waals surface area (Å²) in [5.74, 6) is -0.304. The van der Waals surface area contributed by atoms with Gasteiger partial charge >= 0.3 is 5.97 Å². The van der Waals surface area contributed by atoms with Gasteiger partial charge < -0.3 is 15.0 Å². The third-order valence-electron chi connectivity index (χ3n) is 4.05. The third-order valence-corrected chi connectivity index (χ3v) is 4.05. The van der Waals surface area contributed by atoms with Gasteiger partial charge in [-0.3, -0.25) is 4.79 Å². The lowest BCUT2D eigenvalue weighted by Crippen LogP contribution is -2.15. The molecule has 0 atom stereocenters. The molecule has 0 saturated carbocycles. The molecule has 0 aliphatic heterocycles. The number of anilines is 1. The van der Waals surface area contributed by atoms with Crippen LogP contribution in [0.1, 0.15) is 28.2 Å². The Labute approximate surface area is 145 Å². The molecule has 0 fully saturated rings. The molecule has 3 rings (SSSR count). The molecular weight excluding hydrogens is 318 g/mol. The lowest BCUT2D eigenvalue weighted by atomic mass is 10.2. The topological polar surface area (TPSA) is 84.2 Å². The lowest BCUT2D eigenvalue weighted by molar-refractivity contribution is -0.116. The highest BCUT2D eigenvalue weighted by Gasteiger charge is 2.12. The van der Waals surface area contributed by atoms with Crippen molar-refractivity contribution >= 4 is 28.6 Å². The van der Waals surface area contributed by atoms with Gasteiger partial charge in [0, 0.05) is 18.7 Å². The summed E-state index contributed by atoms with van der Waals surface area (Å²) < 4.78 is 1.93. The smallest absolute Gasteiger partial charge is 0.335 e. The second kappa shape index (κ2) is 6.76. The van der Waals surface area contributed by atoms with Crippen LogP contribution in [0.5, 0.6) is 0 Å². The van der Waals surface area contributed by atoms with E-state index >= 15 is 0 Å². The monoisotopic (exact) mass is 337 g/mol. The van der Waals surface area contributed by atoms with E-state index in [0.29, 0.717) is 18.5 Å². The van der Waals surface area contributed by atoms with Crippen molar-refractivity contribution in [1.82, 2.24) is 9.55 Å². The van der Waals surface area contributed by atoms with Crippen molar-refractivity contribution in [2.75, 3.05) is 5.32 Å². The lowest BCUT2D eigenvalue weighted by Gasteiger charge is -2.08. The van der Waals surface area contributed by atoms with E-state index in [2.05, 4.69) is 10.3 Å². The zero-order valence-corrected chi connectivity index (χ0v) is 14.1. The first-order chi connectivity index (χ1) is 11.9. The Morgan fingerprint density at radius 1 is 1.16 bits per heavy atom. The van der Waals surface area contributed by atoms with Crippen LogP contribution in [0.15, 0.2) is 42.5 Å². The van der Waals surface area contributed by atoms with E-state index < -0.39 is 5.97 Å². The standard InChI is InChI=1S/C19H19N3O3/c1-12-4-3-5-15(10-12)21-18(23)8-9-22-13(2)20-16-11-14(19(24)25)6-7-17(16)22/h3-7,10-11H,8-9H2,1-2H3,(H,21,23)(H,24,25). The number of carboxylic acid groups (broad SMARTS) is 1. The molecule has 6 heteroatoms. The molecular formula is C19H19N3O3. The van der Waals surface area contributed by atoms with Crippen molar-refractivity contribution in [3.8, 4) is 0 Å². The Hall–Kier alpha value is -3.15. The van der Waals surface area contributed by atoms with Crippen molar-refractivity contribution in [1.29, 1.82) is 0 Å². The second-order valence-electron chi connectivity index (χ2n) is 5.99. The molecule has 0 bridgehead atoms. The molecule has 0 saturated heterocycles. The van der Waals surface area contributed by atoms with Gasteiger partial charge in [0.15, 0.2) is 0 Å². The summed E-state index contributed by atoms with van der Waals surface area (Å²) >= 11 is 0. The van der Waals surface area contributed by atoms with Crippen LogP contribution in [0, 0.1) is 13.8 Å². The van der Waals surface area contributed by atoms with Gasteiger partial charge in [0.25, 0.3) is 0 Å². The minimum Gasteiger partial charge on any atom is -0.478 e. The number of carbonyl (C=O) groups is 2. The maximum Gasteiger partial charge on any atom is 0.335 e. The summed E-state index contributed by atoms with van der Waals surface area (Å²) in [6, 6.07) is 12.5. The number of nitrogens with zero attached hydrogens (tertiary/aromatic N) is 2. The molecule has 2 N–H and O–H groups in total. The molecule has 2 aromatic carbocycles. The molecule has 6 nitrogen and oxygen atoms in total. The molecule has 25 heavy (non-hydrogen) atoms. The number of carbonyl (C=O) groups excluding carboxylic acids is 1. The van der Waals surface area contributed by atoms with Crippen LogP contribution in [0.25, 0.3) is 11.0 Å². The summed E-state index contributed by atoms with van der Waals surface area (Å²) in [7, 11) is 0. The molecule has 0 spiro atoms. The fraction of sp³-hybridized carbons (Fsp3) is 0.211. The first-order valence-corrected chi connectivity index (χ1v) is 8.01. The van der Waals surface area contributed by atoms with Gasteiger partial charge in [-0.1, -0.05) is 12.1 Å². The number of nitrogens with one attached hydrogen (secondary N) is 1. The highest BCUT2D eigenvalue weighted by atomic mass is 16.4. The van der Waals surface area contributed by atoms with E-state index in [9.17, 15) is 9.59 Å². The fourth-order valence-corrected chi connectivity index (χ4v) is 2.83. The highest BCUT2D eigenvalue weighted by molar-refractivity contribution is 5.93. The number of rotatable bonds is 5. The molecule has 1 heterocycles. The van der Waals surface area contributed by atoms with Crippen LogP contribution in [0.2, 0.25) is 0 Å². The van der Waals surface area contributed by atoms with Gasteiger partial charge in [0.1, 0.15) is 5.82 Å². The molecule has 0 unspecified atom stereocenters. The van der Waals surface area contributed by atoms with Gasteiger partial charge in [-0.15, -0.1) is 0 Å². The average molecular weight is 337 g/mol. The SMILES string of the molecule is Cc1cccc(NC(=O)CCn2c(C)nc3cc(C(=O)O)ccc32)c1. The maximum atomic E-state index is 12.2. The molecule has 1 aromatic heterocycles. The van der Waals surface area contributed by atoms with Crippen molar-refractivity contribution in [2.45, 2.75) is 26.8 Å². The first-order valence-electron chi connectivity index (χ1n) is 8.01. The highest BCUT2D eigenvalue weighted by Crippen LogP contribution is 2.19. The Kier molecular flexibility index (Phi) is 4.52. The van der Waals surface area contributed by atoms with E-state index in [1.54, 1.807) is 18.2 Å². The number of imidazole rings is 1. The maximum absolute atomic E-state index is 12.2. The van der Waals surface area contributed by atoms with Gasteiger partial charge in [0.05, 0.1) is 16.6 Å². The normalized spacial score (nSPS) is 10.8. The zero-order chi connectivity index (χ0) is 18.0. The van der Waals surface area contributed by atoms with Gasteiger partial charge in [-0.05, 0) is 49.7 Å². The van der Waals surface area contributed by atoms with Gasteiger partial charge in [-0.25, -0.2) is 9.78 Å². The summed E-state index contributed by atoms with van der Waals surface area (Å²) in [5, 5.41) is 12.0.